The number of nitrogens with one attached hydrogen (secondary N) is 1. The highest BCUT2D eigenvalue weighted by Gasteiger charge is 2.11. The van der Waals surface area contributed by atoms with Crippen molar-refractivity contribution in [2.24, 2.45) is 0 Å². The van der Waals surface area contributed by atoms with E-state index in [1.165, 1.54) is 0 Å². The van der Waals surface area contributed by atoms with E-state index in [2.05, 4.69) is 21.6 Å². The standard InChI is InChI=1S/C18H25N3O3S/c1-3-4-5-13-25(22,23)21-14-16-7-9-17(10-8-16)24-15(2)18-19-11-6-12-20-18/h6-12,15,21H,3-5,13-14H2,1-2H3. The fourth-order valence-electron chi connectivity index (χ4n) is 2.27. The number of sulfonamides is 1. The minimum absolute atomic E-state index is 0.177. The third-order valence-corrected chi connectivity index (χ3v) is 5.11. The highest BCUT2D eigenvalue weighted by molar-refractivity contribution is 7.89. The van der Waals surface area contributed by atoms with Gasteiger partial charge in [0.25, 0.3) is 0 Å². The largest absolute Gasteiger partial charge is 0.483 e. The molecule has 1 N–H and O–H groups in total. The fraction of sp³-hybridized carbons (Fsp3) is 0.444. The molecule has 1 aromatic heterocycles. The second kappa shape index (κ2) is 9.48. The van der Waals surface area contributed by atoms with Crippen LogP contribution in [0, 0.1) is 0 Å². The SMILES string of the molecule is CCCCCS(=O)(=O)NCc1ccc(OC(C)c2ncccn2)cc1. The summed E-state index contributed by atoms with van der Waals surface area (Å²) in [5.41, 5.74) is 0.884. The van der Waals surface area contributed by atoms with E-state index in [9.17, 15) is 8.42 Å². The number of hydrogen-bond acceptors (Lipinski definition) is 5. The van der Waals surface area contributed by atoms with Gasteiger partial charge in [0.15, 0.2) is 11.9 Å². The lowest BCUT2D eigenvalue weighted by Crippen LogP contribution is -2.25. The second-order valence-electron chi connectivity index (χ2n) is 5.86. The van der Waals surface area contributed by atoms with E-state index in [1.54, 1.807) is 18.5 Å². The molecule has 6 nitrogen and oxygen atoms in total. The fourth-order valence-corrected chi connectivity index (χ4v) is 3.39. The number of ether oxygens (including phenoxy) is 1. The van der Waals surface area contributed by atoms with E-state index in [0.29, 0.717) is 18.0 Å². The number of aromatic nitrogens is 2. The Morgan fingerprint density at radius 2 is 1.80 bits per heavy atom. The molecule has 0 saturated carbocycles. The van der Waals surface area contributed by atoms with Crippen LogP contribution in [-0.2, 0) is 16.6 Å². The topological polar surface area (TPSA) is 81.2 Å². The van der Waals surface area contributed by atoms with E-state index in [1.807, 2.05) is 31.2 Å². The molecule has 0 bridgehead atoms. The van der Waals surface area contributed by atoms with Crippen molar-refractivity contribution in [1.82, 2.24) is 14.7 Å². The second-order valence-corrected chi connectivity index (χ2v) is 7.78. The van der Waals surface area contributed by atoms with Crippen molar-refractivity contribution in [3.63, 3.8) is 0 Å². The normalized spacial score (nSPS) is 12.7. The summed E-state index contributed by atoms with van der Waals surface area (Å²) in [6, 6.07) is 9.10. The first-order valence-corrected chi connectivity index (χ1v) is 10.2. The average Bonchev–Trinajstić information content (AvgIpc) is 2.62. The maximum absolute atomic E-state index is 11.9. The van der Waals surface area contributed by atoms with Gasteiger partial charge in [0.1, 0.15) is 5.75 Å². The lowest BCUT2D eigenvalue weighted by molar-refractivity contribution is 0.216. The molecule has 7 heteroatoms. The minimum atomic E-state index is -3.21. The third kappa shape index (κ3) is 6.80. The lowest BCUT2D eigenvalue weighted by Gasteiger charge is -2.13. The average molecular weight is 363 g/mol. The van der Waals surface area contributed by atoms with Gasteiger partial charge in [-0.3, -0.25) is 0 Å². The van der Waals surface area contributed by atoms with Crippen molar-refractivity contribution >= 4 is 10.0 Å². The summed E-state index contributed by atoms with van der Waals surface area (Å²) in [7, 11) is -3.21. The van der Waals surface area contributed by atoms with Gasteiger partial charge < -0.3 is 4.74 Å². The monoisotopic (exact) mass is 363 g/mol. The van der Waals surface area contributed by atoms with E-state index in [-0.39, 0.29) is 18.4 Å². The van der Waals surface area contributed by atoms with E-state index in [0.717, 1.165) is 18.4 Å². The zero-order chi connectivity index (χ0) is 18.1. The molecular weight excluding hydrogens is 338 g/mol. The zero-order valence-electron chi connectivity index (χ0n) is 14.7. The molecule has 1 unspecified atom stereocenters. The summed E-state index contributed by atoms with van der Waals surface area (Å²) in [4.78, 5) is 8.33. The van der Waals surface area contributed by atoms with E-state index in [4.69, 9.17) is 4.74 Å². The molecule has 1 atom stereocenters. The molecule has 0 aliphatic carbocycles. The van der Waals surface area contributed by atoms with Gasteiger partial charge in [-0.25, -0.2) is 23.1 Å². The smallest absolute Gasteiger partial charge is 0.211 e. The van der Waals surface area contributed by atoms with Gasteiger partial charge in [-0.05, 0) is 37.1 Å². The van der Waals surface area contributed by atoms with Crippen molar-refractivity contribution < 1.29 is 13.2 Å². The van der Waals surface area contributed by atoms with Crippen LogP contribution in [0.25, 0.3) is 0 Å². The van der Waals surface area contributed by atoms with Gasteiger partial charge in [-0.15, -0.1) is 0 Å². The third-order valence-electron chi connectivity index (χ3n) is 3.70. The van der Waals surface area contributed by atoms with Gasteiger partial charge in [-0.2, -0.15) is 0 Å². The molecule has 0 saturated heterocycles. The van der Waals surface area contributed by atoms with Gasteiger partial charge in [-0.1, -0.05) is 31.9 Å². The lowest BCUT2D eigenvalue weighted by atomic mass is 10.2. The number of rotatable bonds is 10. The molecular formula is C18H25N3O3S. The molecule has 2 rings (SSSR count). The number of hydrogen-bond donors (Lipinski definition) is 1. The van der Waals surface area contributed by atoms with Crippen LogP contribution in [0.4, 0.5) is 0 Å². The molecule has 0 aliphatic rings. The van der Waals surface area contributed by atoms with Crippen LogP contribution in [-0.4, -0.2) is 24.1 Å². The Morgan fingerprint density at radius 1 is 1.12 bits per heavy atom. The van der Waals surface area contributed by atoms with Crippen LogP contribution in [0.3, 0.4) is 0 Å². The Balaban J connectivity index is 1.85. The summed E-state index contributed by atoms with van der Waals surface area (Å²) in [5.74, 6) is 1.48. The Morgan fingerprint density at radius 3 is 2.44 bits per heavy atom. The molecule has 0 amide bonds. The minimum Gasteiger partial charge on any atom is -0.483 e. The van der Waals surface area contributed by atoms with Gasteiger partial charge >= 0.3 is 0 Å². The number of unbranched alkanes of at least 4 members (excludes halogenated alkanes) is 2. The van der Waals surface area contributed by atoms with E-state index < -0.39 is 10.0 Å². The maximum Gasteiger partial charge on any atom is 0.211 e. The molecule has 0 radical (unpaired) electrons. The predicted molar refractivity (Wildman–Crippen MR) is 97.7 cm³/mol. The zero-order valence-corrected chi connectivity index (χ0v) is 15.5. The van der Waals surface area contributed by atoms with Crippen LogP contribution in [0.2, 0.25) is 0 Å². The Hall–Kier alpha value is -1.99. The van der Waals surface area contributed by atoms with Gasteiger partial charge in [0, 0.05) is 18.9 Å². The van der Waals surface area contributed by atoms with Crippen LogP contribution in [0.5, 0.6) is 5.75 Å². The Labute approximate surface area is 149 Å². The molecule has 25 heavy (non-hydrogen) atoms. The quantitative estimate of drug-likeness (QED) is 0.656. The first kappa shape index (κ1) is 19.3. The Bertz CT molecular complexity index is 734. The van der Waals surface area contributed by atoms with Crippen molar-refractivity contribution in [3.05, 3.63) is 54.1 Å². The predicted octanol–water partition coefficient (Wildman–Crippen LogP) is 3.23. The summed E-state index contributed by atoms with van der Waals surface area (Å²) in [6.07, 6.45) is 5.72. The number of nitrogens with zero attached hydrogens (tertiary/aromatic N) is 2. The molecule has 2 aromatic rings. The first-order valence-electron chi connectivity index (χ1n) is 8.50. The molecule has 1 heterocycles. The number of benzene rings is 1. The summed E-state index contributed by atoms with van der Waals surface area (Å²) in [6.45, 7) is 4.22. The maximum atomic E-state index is 11.9. The van der Waals surface area contributed by atoms with Crippen LogP contribution >= 0.6 is 0 Å². The summed E-state index contributed by atoms with van der Waals surface area (Å²) >= 11 is 0. The highest BCUT2D eigenvalue weighted by atomic mass is 32.2. The highest BCUT2D eigenvalue weighted by Crippen LogP contribution is 2.19. The molecule has 0 spiro atoms. The van der Waals surface area contributed by atoms with Crippen LogP contribution in [0.1, 0.15) is 50.6 Å². The summed E-state index contributed by atoms with van der Waals surface area (Å²) < 4.78 is 32.2. The molecule has 0 fully saturated rings. The van der Waals surface area contributed by atoms with Crippen LogP contribution < -0.4 is 9.46 Å². The van der Waals surface area contributed by atoms with Crippen LogP contribution in [0.15, 0.2) is 42.7 Å². The van der Waals surface area contributed by atoms with Crippen molar-refractivity contribution in [1.29, 1.82) is 0 Å². The Kier molecular flexibility index (Phi) is 7.33. The molecule has 1 aromatic carbocycles. The van der Waals surface area contributed by atoms with Crippen molar-refractivity contribution in [3.8, 4) is 5.75 Å². The van der Waals surface area contributed by atoms with Crippen molar-refractivity contribution in [2.45, 2.75) is 45.8 Å². The van der Waals surface area contributed by atoms with Gasteiger partial charge in [0.05, 0.1) is 5.75 Å². The molecule has 0 aliphatic heterocycles. The first-order chi connectivity index (χ1) is 12.0. The van der Waals surface area contributed by atoms with Crippen molar-refractivity contribution in [2.75, 3.05) is 5.75 Å². The summed E-state index contributed by atoms with van der Waals surface area (Å²) in [5, 5.41) is 0. The van der Waals surface area contributed by atoms with Gasteiger partial charge in [0.2, 0.25) is 10.0 Å². The molecule has 136 valence electrons. The van der Waals surface area contributed by atoms with E-state index >= 15 is 0 Å².